The molecule has 1 fully saturated rings. The Balaban J connectivity index is 1.49. The molecule has 0 spiro atoms. The van der Waals surface area contributed by atoms with Gasteiger partial charge in [0.15, 0.2) is 0 Å². The topological polar surface area (TPSA) is 63.9 Å². The molecule has 0 amide bonds. The van der Waals surface area contributed by atoms with Gasteiger partial charge in [0, 0.05) is 67.7 Å². The van der Waals surface area contributed by atoms with Crippen LogP contribution in [0, 0.1) is 11.8 Å². The fourth-order valence-corrected chi connectivity index (χ4v) is 4.22. The molecule has 0 aromatic carbocycles. The van der Waals surface area contributed by atoms with Crippen molar-refractivity contribution < 1.29 is 4.79 Å². The molecule has 1 saturated heterocycles. The molecule has 152 valence electrons. The van der Waals surface area contributed by atoms with Crippen LogP contribution < -0.4 is 0 Å². The summed E-state index contributed by atoms with van der Waals surface area (Å²) in [6, 6.07) is 4.08. The van der Waals surface area contributed by atoms with E-state index >= 15 is 0 Å². The van der Waals surface area contributed by atoms with Crippen LogP contribution in [0.25, 0.3) is 22.0 Å². The van der Waals surface area contributed by atoms with E-state index in [0.717, 1.165) is 60.2 Å². The predicted octanol–water partition coefficient (Wildman–Crippen LogP) is 3.51. The number of Topliss-reactive ketones (excluding diaryl/α,β-unsaturated/α-hetero) is 1. The first kappa shape index (κ1) is 19.7. The van der Waals surface area contributed by atoms with Crippen LogP contribution in [0.3, 0.4) is 0 Å². The average Bonchev–Trinajstić information content (AvgIpc) is 3.13. The van der Waals surface area contributed by atoms with Gasteiger partial charge in [-0.15, -0.1) is 0 Å². The molecule has 3 aromatic rings. The highest BCUT2D eigenvalue weighted by molar-refractivity contribution is 5.87. The minimum absolute atomic E-state index is 0.128. The maximum Gasteiger partial charge on any atom is 0.143 e. The summed E-state index contributed by atoms with van der Waals surface area (Å²) in [5.74, 6) is 1.07. The van der Waals surface area contributed by atoms with Crippen molar-refractivity contribution in [3.05, 3.63) is 42.6 Å². The molecule has 0 unspecified atom stereocenters. The molecular weight excluding hydrogens is 362 g/mol. The Morgan fingerprint density at radius 1 is 1.17 bits per heavy atom. The summed E-state index contributed by atoms with van der Waals surface area (Å²) in [5, 5.41) is 6.26. The van der Waals surface area contributed by atoms with E-state index in [4.69, 9.17) is 0 Å². The van der Waals surface area contributed by atoms with E-state index < -0.39 is 0 Å². The average molecular weight is 392 g/mol. The molecule has 1 aliphatic rings. The zero-order chi connectivity index (χ0) is 20.4. The summed E-state index contributed by atoms with van der Waals surface area (Å²) in [7, 11) is 1.89. The quantitative estimate of drug-likeness (QED) is 0.643. The Bertz CT molecular complexity index is 1010. The molecule has 0 bridgehead atoms. The van der Waals surface area contributed by atoms with Gasteiger partial charge in [0.2, 0.25) is 0 Å². The summed E-state index contributed by atoms with van der Waals surface area (Å²) in [5.41, 5.74) is 2.70. The molecule has 1 atom stereocenters. The molecule has 0 radical (unpaired) electrons. The monoisotopic (exact) mass is 391 g/mol. The molecule has 3 aromatic heterocycles. The first-order valence-corrected chi connectivity index (χ1v) is 10.5. The number of carbonyl (C=O) groups excluding carboxylic acids is 1. The predicted molar refractivity (Wildman–Crippen MR) is 114 cm³/mol. The third kappa shape index (κ3) is 4.70. The van der Waals surface area contributed by atoms with Crippen molar-refractivity contribution in [2.24, 2.45) is 18.9 Å². The van der Waals surface area contributed by atoms with Crippen LogP contribution in [0.2, 0.25) is 0 Å². The van der Waals surface area contributed by atoms with Gasteiger partial charge in [0.25, 0.3) is 0 Å². The maximum absolute atomic E-state index is 12.9. The SMILES string of the molecule is CC(C)CN1CCC[C@H](C(=O)Cc2cc3cc(-c4cnn(C)c4)ncc3cn2)C1. The number of aryl methyl sites for hydroxylation is 1. The molecule has 0 aliphatic carbocycles. The van der Waals surface area contributed by atoms with Gasteiger partial charge in [0.1, 0.15) is 5.78 Å². The van der Waals surface area contributed by atoms with Crippen molar-refractivity contribution >= 4 is 16.6 Å². The van der Waals surface area contributed by atoms with Gasteiger partial charge >= 0.3 is 0 Å². The molecule has 6 heteroatoms. The minimum Gasteiger partial charge on any atom is -0.302 e. The number of nitrogens with zero attached hydrogens (tertiary/aromatic N) is 5. The molecule has 4 rings (SSSR count). The van der Waals surface area contributed by atoms with Gasteiger partial charge in [-0.2, -0.15) is 5.10 Å². The molecule has 6 nitrogen and oxygen atoms in total. The van der Waals surface area contributed by atoms with Crippen molar-refractivity contribution in [1.29, 1.82) is 0 Å². The van der Waals surface area contributed by atoms with Crippen molar-refractivity contribution in [3.8, 4) is 11.3 Å². The van der Waals surface area contributed by atoms with Gasteiger partial charge in [-0.3, -0.25) is 19.4 Å². The standard InChI is InChI=1S/C23H29N5O/c1-16(2)13-28-6-4-5-17(15-28)23(29)9-21-7-18-8-22(20-12-26-27(3)14-20)25-11-19(18)10-24-21/h7-8,10-12,14,16-17H,4-6,9,13,15H2,1-3H3/t17-/m0/s1. The van der Waals surface area contributed by atoms with Crippen LogP contribution in [0.15, 0.2) is 36.9 Å². The van der Waals surface area contributed by atoms with E-state index in [1.165, 1.54) is 0 Å². The van der Waals surface area contributed by atoms with Crippen LogP contribution in [0.1, 0.15) is 32.4 Å². The van der Waals surface area contributed by atoms with E-state index in [9.17, 15) is 4.79 Å². The first-order chi connectivity index (χ1) is 14.0. The Morgan fingerprint density at radius 2 is 2.00 bits per heavy atom. The van der Waals surface area contributed by atoms with Crippen LogP contribution in [0.5, 0.6) is 0 Å². The lowest BCUT2D eigenvalue weighted by Crippen LogP contribution is -2.40. The van der Waals surface area contributed by atoms with E-state index in [-0.39, 0.29) is 5.92 Å². The number of aromatic nitrogens is 4. The smallest absolute Gasteiger partial charge is 0.143 e. The Labute approximate surface area is 172 Å². The van der Waals surface area contributed by atoms with Gasteiger partial charge in [-0.1, -0.05) is 13.8 Å². The number of carbonyl (C=O) groups is 1. The molecule has 4 heterocycles. The third-order valence-electron chi connectivity index (χ3n) is 5.60. The number of hydrogen-bond donors (Lipinski definition) is 0. The highest BCUT2D eigenvalue weighted by Crippen LogP contribution is 2.23. The summed E-state index contributed by atoms with van der Waals surface area (Å²) >= 11 is 0. The van der Waals surface area contributed by atoms with Gasteiger partial charge in [0.05, 0.1) is 11.9 Å². The van der Waals surface area contributed by atoms with Gasteiger partial charge in [-0.25, -0.2) is 0 Å². The lowest BCUT2D eigenvalue weighted by molar-refractivity contribution is -0.124. The third-order valence-corrected chi connectivity index (χ3v) is 5.60. The Kier molecular flexibility index (Phi) is 5.72. The van der Waals surface area contributed by atoms with Gasteiger partial charge in [-0.05, 0) is 42.8 Å². The first-order valence-electron chi connectivity index (χ1n) is 10.5. The second-order valence-electron chi connectivity index (χ2n) is 8.63. The van der Waals surface area contributed by atoms with Crippen LogP contribution in [0.4, 0.5) is 0 Å². The number of hydrogen-bond acceptors (Lipinski definition) is 5. The maximum atomic E-state index is 12.9. The molecule has 29 heavy (non-hydrogen) atoms. The van der Waals surface area contributed by atoms with E-state index in [1.807, 2.05) is 44.0 Å². The Hall–Kier alpha value is -2.60. The lowest BCUT2D eigenvalue weighted by atomic mass is 9.91. The highest BCUT2D eigenvalue weighted by atomic mass is 16.1. The summed E-state index contributed by atoms with van der Waals surface area (Å²) in [4.78, 5) is 24.4. The zero-order valence-electron chi connectivity index (χ0n) is 17.5. The molecule has 1 aliphatic heterocycles. The number of piperidine rings is 1. The fourth-order valence-electron chi connectivity index (χ4n) is 4.22. The van der Waals surface area contributed by atoms with Crippen LogP contribution in [-0.2, 0) is 18.3 Å². The van der Waals surface area contributed by atoms with Gasteiger partial charge < -0.3 is 4.90 Å². The normalized spacial score (nSPS) is 17.9. The number of ketones is 1. The van der Waals surface area contributed by atoms with Crippen LogP contribution >= 0.6 is 0 Å². The van der Waals surface area contributed by atoms with Crippen molar-refractivity contribution in [3.63, 3.8) is 0 Å². The molecule has 0 saturated carbocycles. The molecule has 0 N–H and O–H groups in total. The van der Waals surface area contributed by atoms with E-state index in [0.29, 0.717) is 18.1 Å². The lowest BCUT2D eigenvalue weighted by Gasteiger charge is -2.33. The van der Waals surface area contributed by atoms with E-state index in [1.54, 1.807) is 4.68 Å². The number of likely N-dealkylation sites (tertiary alicyclic amines) is 1. The largest absolute Gasteiger partial charge is 0.302 e. The molecular formula is C23H29N5O. The minimum atomic E-state index is 0.128. The van der Waals surface area contributed by atoms with E-state index in [2.05, 4.69) is 33.8 Å². The van der Waals surface area contributed by atoms with Crippen molar-refractivity contribution in [2.45, 2.75) is 33.1 Å². The summed E-state index contributed by atoms with van der Waals surface area (Å²) < 4.78 is 1.77. The summed E-state index contributed by atoms with van der Waals surface area (Å²) in [6.07, 6.45) is 9.92. The number of pyridine rings is 2. The van der Waals surface area contributed by atoms with Crippen molar-refractivity contribution in [2.75, 3.05) is 19.6 Å². The highest BCUT2D eigenvalue weighted by Gasteiger charge is 2.26. The number of rotatable bonds is 6. The second-order valence-corrected chi connectivity index (χ2v) is 8.63. The fraction of sp³-hybridized carbons (Fsp3) is 0.478. The Morgan fingerprint density at radius 3 is 2.76 bits per heavy atom. The number of fused-ring (bicyclic) bond motifs is 1. The zero-order valence-corrected chi connectivity index (χ0v) is 17.5. The second kappa shape index (κ2) is 8.41. The summed E-state index contributed by atoms with van der Waals surface area (Å²) in [6.45, 7) is 7.54. The van der Waals surface area contributed by atoms with Crippen LogP contribution in [-0.4, -0.2) is 50.1 Å². The van der Waals surface area contributed by atoms with Crippen molar-refractivity contribution in [1.82, 2.24) is 24.6 Å².